The molecule has 1 atom stereocenters. The van der Waals surface area contributed by atoms with Crippen LogP contribution in [0.25, 0.3) is 0 Å². The highest BCUT2D eigenvalue weighted by atomic mass is 32.1. The molecule has 0 spiro atoms. The summed E-state index contributed by atoms with van der Waals surface area (Å²) in [5.41, 5.74) is 4.54. The zero-order valence-electron chi connectivity index (χ0n) is 13.3. The summed E-state index contributed by atoms with van der Waals surface area (Å²) in [6.07, 6.45) is 0.339. The summed E-state index contributed by atoms with van der Waals surface area (Å²) < 4.78 is 0. The molecule has 0 aliphatic carbocycles. The standard InChI is InChI=1S/C17H24N2OS/c1-12-7-13(2)9-15(8-12)17(20)5-6-19(4)10-16-11-21-14(3)18-16/h7-9,11,17,20H,5-6,10H2,1-4H3. The summed E-state index contributed by atoms with van der Waals surface area (Å²) in [6, 6.07) is 6.27. The number of benzene rings is 1. The first-order chi connectivity index (χ1) is 9.94. The van der Waals surface area contributed by atoms with E-state index in [2.05, 4.69) is 54.4 Å². The van der Waals surface area contributed by atoms with Crippen molar-refractivity contribution in [3.63, 3.8) is 0 Å². The molecular formula is C17H24N2OS. The highest BCUT2D eigenvalue weighted by Gasteiger charge is 2.11. The Kier molecular flexibility index (Phi) is 5.51. The Morgan fingerprint density at radius 3 is 2.43 bits per heavy atom. The Bertz CT molecular complexity index is 574. The molecule has 0 radical (unpaired) electrons. The number of aryl methyl sites for hydroxylation is 3. The first-order valence-electron chi connectivity index (χ1n) is 7.30. The van der Waals surface area contributed by atoms with E-state index in [0.717, 1.165) is 35.8 Å². The van der Waals surface area contributed by atoms with Gasteiger partial charge in [-0.3, -0.25) is 0 Å². The molecule has 2 aromatic rings. The molecule has 0 saturated carbocycles. The normalized spacial score (nSPS) is 12.9. The highest BCUT2D eigenvalue weighted by Crippen LogP contribution is 2.20. The first-order valence-corrected chi connectivity index (χ1v) is 8.18. The summed E-state index contributed by atoms with van der Waals surface area (Å²) in [5.74, 6) is 0. The van der Waals surface area contributed by atoms with Gasteiger partial charge in [-0.2, -0.15) is 0 Å². The molecule has 1 aromatic carbocycles. The molecule has 0 saturated heterocycles. The minimum absolute atomic E-state index is 0.400. The number of hydrogen-bond donors (Lipinski definition) is 1. The van der Waals surface area contributed by atoms with Crippen LogP contribution in [0.5, 0.6) is 0 Å². The third-order valence-electron chi connectivity index (χ3n) is 3.51. The lowest BCUT2D eigenvalue weighted by Crippen LogP contribution is -2.21. The second-order valence-electron chi connectivity index (χ2n) is 5.82. The predicted molar refractivity (Wildman–Crippen MR) is 88.7 cm³/mol. The zero-order valence-corrected chi connectivity index (χ0v) is 14.1. The Hall–Kier alpha value is -1.23. The van der Waals surface area contributed by atoms with E-state index in [1.165, 1.54) is 11.1 Å². The maximum atomic E-state index is 10.3. The van der Waals surface area contributed by atoms with Crippen LogP contribution in [0, 0.1) is 20.8 Å². The Morgan fingerprint density at radius 2 is 1.86 bits per heavy atom. The molecule has 1 aromatic heterocycles. The monoisotopic (exact) mass is 304 g/mol. The van der Waals surface area contributed by atoms with E-state index in [9.17, 15) is 5.11 Å². The predicted octanol–water partition coefficient (Wildman–Crippen LogP) is 3.62. The van der Waals surface area contributed by atoms with E-state index in [4.69, 9.17) is 0 Å². The lowest BCUT2D eigenvalue weighted by atomic mass is 10.0. The van der Waals surface area contributed by atoms with E-state index in [0.29, 0.717) is 0 Å². The van der Waals surface area contributed by atoms with Gasteiger partial charge in [-0.05, 0) is 39.8 Å². The van der Waals surface area contributed by atoms with Crippen molar-refractivity contribution in [2.24, 2.45) is 0 Å². The molecule has 2 rings (SSSR count). The van der Waals surface area contributed by atoms with Gasteiger partial charge in [-0.1, -0.05) is 29.3 Å². The number of nitrogens with zero attached hydrogens (tertiary/aromatic N) is 2. The largest absolute Gasteiger partial charge is 0.388 e. The maximum absolute atomic E-state index is 10.3. The number of hydrogen-bond acceptors (Lipinski definition) is 4. The molecule has 21 heavy (non-hydrogen) atoms. The van der Waals surface area contributed by atoms with Crippen molar-refractivity contribution in [2.45, 2.75) is 39.8 Å². The fourth-order valence-corrected chi connectivity index (χ4v) is 3.15. The molecule has 114 valence electrons. The van der Waals surface area contributed by atoms with E-state index < -0.39 is 6.10 Å². The van der Waals surface area contributed by atoms with E-state index in [1.54, 1.807) is 11.3 Å². The third-order valence-corrected chi connectivity index (χ3v) is 4.33. The van der Waals surface area contributed by atoms with Crippen molar-refractivity contribution < 1.29 is 5.11 Å². The molecule has 1 N–H and O–H groups in total. The maximum Gasteiger partial charge on any atom is 0.0897 e. The molecule has 0 amide bonds. The fraction of sp³-hybridized carbons (Fsp3) is 0.471. The molecule has 0 bridgehead atoms. The van der Waals surface area contributed by atoms with Gasteiger partial charge in [0.25, 0.3) is 0 Å². The van der Waals surface area contributed by atoms with Crippen LogP contribution in [-0.2, 0) is 6.54 Å². The third kappa shape index (κ3) is 4.92. The lowest BCUT2D eigenvalue weighted by Gasteiger charge is -2.18. The molecule has 0 aliphatic rings. The van der Waals surface area contributed by atoms with E-state index in [1.807, 2.05) is 6.92 Å². The van der Waals surface area contributed by atoms with Crippen LogP contribution in [0.2, 0.25) is 0 Å². The van der Waals surface area contributed by atoms with Crippen LogP contribution >= 0.6 is 11.3 Å². The number of rotatable bonds is 6. The smallest absolute Gasteiger partial charge is 0.0897 e. The van der Waals surface area contributed by atoms with Gasteiger partial charge < -0.3 is 10.0 Å². The van der Waals surface area contributed by atoms with Gasteiger partial charge in [-0.15, -0.1) is 11.3 Å². The highest BCUT2D eigenvalue weighted by molar-refractivity contribution is 7.09. The second kappa shape index (κ2) is 7.16. The van der Waals surface area contributed by atoms with Gasteiger partial charge in [0, 0.05) is 18.5 Å². The van der Waals surface area contributed by atoms with Crippen LogP contribution in [0.1, 0.15) is 39.9 Å². The van der Waals surface area contributed by atoms with E-state index in [-0.39, 0.29) is 0 Å². The second-order valence-corrected chi connectivity index (χ2v) is 6.88. The lowest BCUT2D eigenvalue weighted by molar-refractivity contribution is 0.147. The van der Waals surface area contributed by atoms with E-state index >= 15 is 0 Å². The van der Waals surface area contributed by atoms with Gasteiger partial charge in [0.2, 0.25) is 0 Å². The minimum Gasteiger partial charge on any atom is -0.388 e. The number of aliphatic hydroxyl groups excluding tert-OH is 1. The average molecular weight is 304 g/mol. The van der Waals surface area contributed by atoms with Gasteiger partial charge in [0.15, 0.2) is 0 Å². The minimum atomic E-state index is -0.400. The topological polar surface area (TPSA) is 36.4 Å². The SMILES string of the molecule is Cc1cc(C)cc(C(O)CCN(C)Cc2csc(C)n2)c1. The van der Waals surface area contributed by atoms with Crippen LogP contribution in [0.4, 0.5) is 0 Å². The Balaban J connectivity index is 1.86. The average Bonchev–Trinajstić information content (AvgIpc) is 2.80. The van der Waals surface area contributed by atoms with Crippen molar-refractivity contribution >= 4 is 11.3 Å². The molecule has 1 heterocycles. The summed E-state index contributed by atoms with van der Waals surface area (Å²) in [5, 5.41) is 13.6. The van der Waals surface area contributed by atoms with Crippen LogP contribution in [0.15, 0.2) is 23.6 Å². The zero-order chi connectivity index (χ0) is 15.4. The molecular weight excluding hydrogens is 280 g/mol. The molecule has 0 fully saturated rings. The fourth-order valence-electron chi connectivity index (χ4n) is 2.55. The van der Waals surface area contributed by atoms with Crippen molar-refractivity contribution in [3.8, 4) is 0 Å². The number of aromatic nitrogens is 1. The van der Waals surface area contributed by atoms with Gasteiger partial charge >= 0.3 is 0 Å². The number of thiazole rings is 1. The summed E-state index contributed by atoms with van der Waals surface area (Å²) >= 11 is 1.68. The molecule has 3 nitrogen and oxygen atoms in total. The quantitative estimate of drug-likeness (QED) is 0.885. The van der Waals surface area contributed by atoms with Crippen LogP contribution < -0.4 is 0 Å². The summed E-state index contributed by atoms with van der Waals surface area (Å²) in [6.45, 7) is 7.85. The van der Waals surface area contributed by atoms with Gasteiger partial charge in [0.1, 0.15) is 0 Å². The molecule has 4 heteroatoms. The van der Waals surface area contributed by atoms with Crippen LogP contribution in [0.3, 0.4) is 0 Å². The molecule has 1 unspecified atom stereocenters. The van der Waals surface area contributed by atoms with Gasteiger partial charge in [-0.25, -0.2) is 4.98 Å². The van der Waals surface area contributed by atoms with Crippen LogP contribution in [-0.4, -0.2) is 28.6 Å². The number of aliphatic hydroxyl groups is 1. The molecule has 0 aliphatic heterocycles. The summed E-state index contributed by atoms with van der Waals surface area (Å²) in [7, 11) is 2.07. The first kappa shape index (κ1) is 16.1. The van der Waals surface area contributed by atoms with Crippen molar-refractivity contribution in [1.29, 1.82) is 0 Å². The van der Waals surface area contributed by atoms with Crippen molar-refractivity contribution in [2.75, 3.05) is 13.6 Å². The Morgan fingerprint density at radius 1 is 1.19 bits per heavy atom. The Labute approximate surface area is 131 Å². The van der Waals surface area contributed by atoms with Gasteiger partial charge in [0.05, 0.1) is 16.8 Å². The van der Waals surface area contributed by atoms with Crippen molar-refractivity contribution in [3.05, 3.63) is 51.0 Å². The summed E-state index contributed by atoms with van der Waals surface area (Å²) in [4.78, 5) is 6.68. The van der Waals surface area contributed by atoms with Crippen molar-refractivity contribution in [1.82, 2.24) is 9.88 Å².